The van der Waals surface area contributed by atoms with Crippen LogP contribution in [0, 0.1) is 0 Å². The van der Waals surface area contributed by atoms with Crippen LogP contribution in [-0.2, 0) is 6.54 Å². The van der Waals surface area contributed by atoms with Crippen molar-refractivity contribution in [1.82, 2.24) is 9.88 Å². The first-order valence-electron chi connectivity index (χ1n) is 6.29. The smallest absolute Gasteiger partial charge is 0.255 e. The molecule has 0 aliphatic heterocycles. The molecule has 5 nitrogen and oxygen atoms in total. The summed E-state index contributed by atoms with van der Waals surface area (Å²) in [6, 6.07) is 10.9. The highest BCUT2D eigenvalue weighted by Gasteiger charge is 2.16. The molecule has 0 radical (unpaired) electrons. The summed E-state index contributed by atoms with van der Waals surface area (Å²) in [5, 5.41) is 18.5. The van der Waals surface area contributed by atoms with Gasteiger partial charge in [-0.2, -0.15) is 0 Å². The maximum Gasteiger partial charge on any atom is 0.255 e. The fourth-order valence-corrected chi connectivity index (χ4v) is 1.90. The molecule has 0 spiro atoms. The van der Waals surface area contributed by atoms with Crippen LogP contribution < -0.4 is 0 Å². The van der Waals surface area contributed by atoms with Crippen LogP contribution in [0.1, 0.15) is 15.9 Å². The van der Waals surface area contributed by atoms with Crippen LogP contribution in [-0.4, -0.2) is 39.2 Å². The minimum absolute atomic E-state index is 0.0560. The summed E-state index contributed by atoms with van der Waals surface area (Å²) in [6.07, 6.45) is 2.67. The number of carbonyl (C=O) groups is 1. The third-order valence-corrected chi connectivity index (χ3v) is 2.84. The molecule has 0 aliphatic carbocycles. The van der Waals surface area contributed by atoms with Gasteiger partial charge in [-0.1, -0.05) is 30.3 Å². The maximum atomic E-state index is 12.4. The Labute approximate surface area is 117 Å². The maximum absolute atomic E-state index is 12.4. The van der Waals surface area contributed by atoms with E-state index in [0.717, 1.165) is 5.56 Å². The lowest BCUT2D eigenvalue weighted by molar-refractivity contribution is 0.0707. The van der Waals surface area contributed by atoms with Gasteiger partial charge in [-0.3, -0.25) is 9.78 Å². The topological polar surface area (TPSA) is 73.7 Å². The van der Waals surface area contributed by atoms with Crippen molar-refractivity contribution in [3.05, 3.63) is 59.9 Å². The van der Waals surface area contributed by atoms with E-state index in [1.807, 2.05) is 30.3 Å². The van der Waals surface area contributed by atoms with Crippen molar-refractivity contribution in [3.8, 4) is 5.75 Å². The van der Waals surface area contributed by atoms with Crippen LogP contribution in [0.25, 0.3) is 0 Å². The summed E-state index contributed by atoms with van der Waals surface area (Å²) in [4.78, 5) is 17.7. The average Bonchev–Trinajstić information content (AvgIpc) is 2.47. The number of aliphatic hydroxyl groups excluding tert-OH is 1. The molecule has 2 rings (SSSR count). The molecular formula is C15H16N2O3. The molecule has 0 bridgehead atoms. The van der Waals surface area contributed by atoms with Crippen LogP contribution in [0.4, 0.5) is 0 Å². The van der Waals surface area contributed by atoms with Gasteiger partial charge in [0.15, 0.2) is 0 Å². The number of nitrogens with zero attached hydrogens (tertiary/aromatic N) is 2. The SMILES string of the molecule is O=C(c1cncc(O)c1)N(CCO)Cc1ccccc1. The van der Waals surface area contributed by atoms with Crippen LogP contribution in [0.3, 0.4) is 0 Å². The molecule has 2 aromatic rings. The van der Waals surface area contributed by atoms with Gasteiger partial charge in [0.25, 0.3) is 5.91 Å². The van der Waals surface area contributed by atoms with E-state index in [0.29, 0.717) is 12.1 Å². The third kappa shape index (κ3) is 3.55. The molecule has 1 aromatic heterocycles. The van der Waals surface area contributed by atoms with E-state index in [4.69, 9.17) is 5.11 Å². The molecule has 0 aliphatic rings. The fraction of sp³-hybridized carbons (Fsp3) is 0.200. The van der Waals surface area contributed by atoms with Crippen molar-refractivity contribution in [2.24, 2.45) is 0 Å². The van der Waals surface area contributed by atoms with Gasteiger partial charge >= 0.3 is 0 Å². The molecule has 1 amide bonds. The number of hydrogen-bond acceptors (Lipinski definition) is 4. The first kappa shape index (κ1) is 14.0. The van der Waals surface area contributed by atoms with E-state index >= 15 is 0 Å². The molecule has 0 fully saturated rings. The van der Waals surface area contributed by atoms with E-state index in [2.05, 4.69) is 4.98 Å². The van der Waals surface area contributed by atoms with Crippen molar-refractivity contribution in [2.75, 3.05) is 13.2 Å². The van der Waals surface area contributed by atoms with Gasteiger partial charge in [0.05, 0.1) is 18.4 Å². The Hall–Kier alpha value is -2.40. The van der Waals surface area contributed by atoms with Gasteiger partial charge in [0.1, 0.15) is 5.75 Å². The number of aromatic nitrogens is 1. The molecule has 0 unspecified atom stereocenters. The van der Waals surface area contributed by atoms with E-state index in [-0.39, 0.29) is 24.8 Å². The van der Waals surface area contributed by atoms with Gasteiger partial charge in [-0.15, -0.1) is 0 Å². The molecular weight excluding hydrogens is 256 g/mol. The quantitative estimate of drug-likeness (QED) is 0.863. The van der Waals surface area contributed by atoms with Gasteiger partial charge < -0.3 is 15.1 Å². The normalized spacial score (nSPS) is 10.2. The monoisotopic (exact) mass is 272 g/mol. The van der Waals surface area contributed by atoms with Crippen molar-refractivity contribution in [2.45, 2.75) is 6.54 Å². The predicted molar refractivity (Wildman–Crippen MR) is 74.2 cm³/mol. The molecule has 0 atom stereocenters. The predicted octanol–water partition coefficient (Wildman–Crippen LogP) is 1.42. The lowest BCUT2D eigenvalue weighted by Crippen LogP contribution is -2.33. The number of aromatic hydroxyl groups is 1. The van der Waals surface area contributed by atoms with Crippen molar-refractivity contribution >= 4 is 5.91 Å². The summed E-state index contributed by atoms with van der Waals surface area (Å²) in [7, 11) is 0. The zero-order chi connectivity index (χ0) is 14.4. The van der Waals surface area contributed by atoms with Gasteiger partial charge in [0, 0.05) is 19.3 Å². The van der Waals surface area contributed by atoms with Crippen molar-refractivity contribution < 1.29 is 15.0 Å². The summed E-state index contributed by atoms with van der Waals surface area (Å²) in [5.74, 6) is -0.328. The van der Waals surface area contributed by atoms with E-state index < -0.39 is 0 Å². The average molecular weight is 272 g/mol. The van der Waals surface area contributed by atoms with E-state index in [1.165, 1.54) is 23.4 Å². The minimum Gasteiger partial charge on any atom is -0.506 e. The van der Waals surface area contributed by atoms with Crippen molar-refractivity contribution in [1.29, 1.82) is 0 Å². The van der Waals surface area contributed by atoms with Crippen LogP contribution in [0.2, 0.25) is 0 Å². The first-order chi connectivity index (χ1) is 9.70. The number of pyridine rings is 1. The molecule has 2 N–H and O–H groups in total. The molecule has 20 heavy (non-hydrogen) atoms. The van der Waals surface area contributed by atoms with Gasteiger partial charge in [-0.25, -0.2) is 0 Å². The number of carbonyl (C=O) groups excluding carboxylic acids is 1. The standard InChI is InChI=1S/C15H16N2O3/c18-7-6-17(11-12-4-2-1-3-5-12)15(20)13-8-14(19)10-16-9-13/h1-5,8-10,18-19H,6-7,11H2. The van der Waals surface area contributed by atoms with Gasteiger partial charge in [-0.05, 0) is 11.6 Å². The molecule has 0 saturated heterocycles. The lowest BCUT2D eigenvalue weighted by Gasteiger charge is -2.21. The lowest BCUT2D eigenvalue weighted by atomic mass is 10.2. The van der Waals surface area contributed by atoms with Gasteiger partial charge in [0.2, 0.25) is 0 Å². The molecule has 104 valence electrons. The summed E-state index contributed by atoms with van der Waals surface area (Å²) < 4.78 is 0. The third-order valence-electron chi connectivity index (χ3n) is 2.84. The number of hydrogen-bond donors (Lipinski definition) is 2. The second kappa shape index (κ2) is 6.68. The first-order valence-corrected chi connectivity index (χ1v) is 6.29. The molecule has 0 saturated carbocycles. The molecule has 1 heterocycles. The summed E-state index contributed by atoms with van der Waals surface area (Å²) >= 11 is 0. The highest BCUT2D eigenvalue weighted by molar-refractivity contribution is 5.94. The van der Waals surface area contributed by atoms with Crippen LogP contribution >= 0.6 is 0 Å². The Morgan fingerprint density at radius 1 is 1.20 bits per heavy atom. The number of aliphatic hydroxyl groups is 1. The number of rotatable bonds is 5. The molecule has 1 aromatic carbocycles. The second-order valence-electron chi connectivity index (χ2n) is 4.37. The minimum atomic E-state index is -0.272. The Kier molecular flexibility index (Phi) is 4.68. The second-order valence-corrected chi connectivity index (χ2v) is 4.37. The Bertz CT molecular complexity index is 572. The largest absolute Gasteiger partial charge is 0.506 e. The Morgan fingerprint density at radius 2 is 1.95 bits per heavy atom. The zero-order valence-electron chi connectivity index (χ0n) is 10.9. The number of benzene rings is 1. The Morgan fingerprint density at radius 3 is 2.60 bits per heavy atom. The summed E-state index contributed by atoms with van der Waals surface area (Å²) in [5.41, 5.74) is 1.27. The van der Waals surface area contributed by atoms with Crippen LogP contribution in [0.15, 0.2) is 48.8 Å². The van der Waals surface area contributed by atoms with Crippen molar-refractivity contribution in [3.63, 3.8) is 0 Å². The zero-order valence-corrected chi connectivity index (χ0v) is 10.9. The van der Waals surface area contributed by atoms with Crippen LogP contribution in [0.5, 0.6) is 5.75 Å². The highest BCUT2D eigenvalue weighted by atomic mass is 16.3. The highest BCUT2D eigenvalue weighted by Crippen LogP contribution is 2.13. The van der Waals surface area contributed by atoms with E-state index in [9.17, 15) is 9.90 Å². The fourth-order valence-electron chi connectivity index (χ4n) is 1.90. The number of amides is 1. The summed E-state index contributed by atoms with van der Waals surface area (Å²) in [6.45, 7) is 0.504. The Balaban J connectivity index is 2.18. The van der Waals surface area contributed by atoms with E-state index in [1.54, 1.807) is 0 Å². The molecule has 5 heteroatoms.